The average molecular weight is 425 g/mol. The molecule has 0 spiro atoms. The molecule has 0 aliphatic carbocycles. The van der Waals surface area contributed by atoms with E-state index < -0.39 is 12.4 Å². The number of nitrogens with zero attached hydrogens (tertiary/aromatic N) is 1. The van der Waals surface area contributed by atoms with Gasteiger partial charge in [0.05, 0.1) is 3.57 Å². The molecule has 3 nitrogen and oxygen atoms in total. The predicted octanol–water partition coefficient (Wildman–Crippen LogP) is 2.93. The van der Waals surface area contributed by atoms with E-state index in [4.69, 9.17) is 5.11 Å². The van der Waals surface area contributed by atoms with Crippen LogP contribution in [0.5, 0.6) is 0 Å². The molecule has 76 valence electrons. The fraction of sp³-hybridized carbons (Fsp3) is 0.143. The van der Waals surface area contributed by atoms with Crippen molar-refractivity contribution in [3.63, 3.8) is 0 Å². The van der Waals surface area contributed by atoms with E-state index in [1.165, 1.54) is 0 Å². The number of carbonyl (C=O) groups is 1. The first kappa shape index (κ1) is 12.0. The fourth-order valence-electron chi connectivity index (χ4n) is 0.785. The first-order valence-electron chi connectivity index (χ1n) is 3.31. The Hall–Kier alpha value is -0.0600. The molecule has 7 heteroatoms. The number of rotatable bonds is 2. The van der Waals surface area contributed by atoms with Crippen LogP contribution < -0.4 is 0 Å². The SMILES string of the molecule is O=C(O)c1cc(C(F)F)c(I)c(I)n1. The minimum atomic E-state index is -2.68. The number of hydrogen-bond acceptors (Lipinski definition) is 2. The van der Waals surface area contributed by atoms with Crippen LogP contribution in [0.25, 0.3) is 0 Å². The lowest BCUT2D eigenvalue weighted by molar-refractivity contribution is 0.0689. The highest BCUT2D eigenvalue weighted by Gasteiger charge is 2.18. The Bertz CT molecular complexity index is 384. The summed E-state index contributed by atoms with van der Waals surface area (Å²) in [4.78, 5) is 14.2. The number of carboxylic acid groups (broad SMARTS) is 1. The number of carboxylic acids is 1. The third kappa shape index (κ3) is 2.49. The minimum Gasteiger partial charge on any atom is -0.477 e. The van der Waals surface area contributed by atoms with Gasteiger partial charge in [-0.15, -0.1) is 0 Å². The van der Waals surface area contributed by atoms with E-state index in [1.54, 1.807) is 45.2 Å². The summed E-state index contributed by atoms with van der Waals surface area (Å²) in [6, 6.07) is 0.900. The highest BCUT2D eigenvalue weighted by atomic mass is 127. The van der Waals surface area contributed by atoms with Gasteiger partial charge in [-0.2, -0.15) is 0 Å². The van der Waals surface area contributed by atoms with Crippen molar-refractivity contribution in [2.75, 3.05) is 0 Å². The van der Waals surface area contributed by atoms with Crippen LogP contribution in [0.15, 0.2) is 6.07 Å². The summed E-state index contributed by atoms with van der Waals surface area (Å²) in [6.45, 7) is 0. The van der Waals surface area contributed by atoms with Crippen molar-refractivity contribution in [3.05, 3.63) is 24.6 Å². The van der Waals surface area contributed by atoms with Crippen LogP contribution >= 0.6 is 45.2 Å². The number of aromatic nitrogens is 1. The summed E-state index contributed by atoms with van der Waals surface area (Å²) in [7, 11) is 0. The van der Waals surface area contributed by atoms with Crippen molar-refractivity contribution in [3.8, 4) is 0 Å². The van der Waals surface area contributed by atoms with Gasteiger partial charge in [-0.25, -0.2) is 18.6 Å². The quantitative estimate of drug-likeness (QED) is 0.586. The van der Waals surface area contributed by atoms with Crippen molar-refractivity contribution in [1.82, 2.24) is 4.98 Å². The smallest absolute Gasteiger partial charge is 0.354 e. The molecule has 1 heterocycles. The maximum atomic E-state index is 12.4. The van der Waals surface area contributed by atoms with Crippen LogP contribution in [0, 0.1) is 7.27 Å². The number of aromatic carboxylic acids is 1. The molecule has 14 heavy (non-hydrogen) atoms. The number of alkyl halides is 2. The summed E-state index contributed by atoms with van der Waals surface area (Å²) in [5.41, 5.74) is -0.646. The number of pyridine rings is 1. The van der Waals surface area contributed by atoms with E-state index in [-0.39, 0.29) is 15.0 Å². The van der Waals surface area contributed by atoms with Crippen LogP contribution in [0.4, 0.5) is 8.78 Å². The van der Waals surface area contributed by atoms with Gasteiger partial charge in [0.15, 0.2) is 0 Å². The van der Waals surface area contributed by atoms with Crippen LogP contribution in [0.3, 0.4) is 0 Å². The van der Waals surface area contributed by atoms with Gasteiger partial charge in [0.25, 0.3) is 6.43 Å². The molecule has 1 N–H and O–H groups in total. The lowest BCUT2D eigenvalue weighted by atomic mass is 10.2. The molecule has 0 aromatic carbocycles. The summed E-state index contributed by atoms with van der Waals surface area (Å²) < 4.78 is 25.4. The Morgan fingerprint density at radius 1 is 1.50 bits per heavy atom. The molecule has 1 rings (SSSR count). The van der Waals surface area contributed by atoms with Gasteiger partial charge in [-0.05, 0) is 51.2 Å². The molecule has 1 aromatic heterocycles. The van der Waals surface area contributed by atoms with Gasteiger partial charge in [0.1, 0.15) is 9.39 Å². The normalized spacial score (nSPS) is 10.6. The zero-order chi connectivity index (χ0) is 10.9. The van der Waals surface area contributed by atoms with Crippen LogP contribution in [0.2, 0.25) is 0 Å². The van der Waals surface area contributed by atoms with Gasteiger partial charge in [0.2, 0.25) is 0 Å². The maximum Gasteiger partial charge on any atom is 0.354 e. The van der Waals surface area contributed by atoms with Crippen molar-refractivity contribution < 1.29 is 18.7 Å². The van der Waals surface area contributed by atoms with E-state index in [0.717, 1.165) is 6.07 Å². The Morgan fingerprint density at radius 3 is 2.50 bits per heavy atom. The topological polar surface area (TPSA) is 50.2 Å². The number of hydrogen-bond donors (Lipinski definition) is 1. The van der Waals surface area contributed by atoms with E-state index in [2.05, 4.69) is 4.98 Å². The summed E-state index contributed by atoms with van der Waals surface area (Å²) >= 11 is 3.44. The minimum absolute atomic E-state index is 0.276. The summed E-state index contributed by atoms with van der Waals surface area (Å²) in [6.07, 6.45) is -2.68. The van der Waals surface area contributed by atoms with Crippen LogP contribution in [-0.2, 0) is 0 Å². The monoisotopic (exact) mass is 425 g/mol. The molecule has 1 aromatic rings. The average Bonchev–Trinajstić information content (AvgIpc) is 2.08. The summed E-state index contributed by atoms with van der Waals surface area (Å²) in [5, 5.41) is 8.59. The molecule has 0 aliphatic heterocycles. The van der Waals surface area contributed by atoms with Crippen molar-refractivity contribution in [2.24, 2.45) is 0 Å². The molecular weight excluding hydrogens is 422 g/mol. The van der Waals surface area contributed by atoms with E-state index >= 15 is 0 Å². The molecule has 0 saturated carbocycles. The predicted molar refractivity (Wildman–Crippen MR) is 61.6 cm³/mol. The highest BCUT2D eigenvalue weighted by molar-refractivity contribution is 14.1. The maximum absolute atomic E-state index is 12.4. The van der Waals surface area contributed by atoms with E-state index in [9.17, 15) is 13.6 Å². The van der Waals surface area contributed by atoms with Gasteiger partial charge in [-0.1, -0.05) is 0 Å². The Morgan fingerprint density at radius 2 is 2.07 bits per heavy atom. The fourth-order valence-corrected chi connectivity index (χ4v) is 1.87. The second-order valence-electron chi connectivity index (χ2n) is 2.31. The van der Waals surface area contributed by atoms with Crippen LogP contribution in [0.1, 0.15) is 22.5 Å². The standard InChI is InChI=1S/C7H3F2I2NO2/c8-5(9)2-1-3(7(13)14)12-6(11)4(2)10/h1,5H,(H,13,14). The highest BCUT2D eigenvalue weighted by Crippen LogP contribution is 2.27. The molecule has 0 atom stereocenters. The zero-order valence-corrected chi connectivity index (χ0v) is 10.8. The second-order valence-corrected chi connectivity index (χ2v) is 4.41. The van der Waals surface area contributed by atoms with Gasteiger partial charge in [-0.3, -0.25) is 0 Å². The molecular formula is C7H3F2I2NO2. The second kappa shape index (κ2) is 4.64. The van der Waals surface area contributed by atoms with Crippen LogP contribution in [-0.4, -0.2) is 16.1 Å². The van der Waals surface area contributed by atoms with Gasteiger partial charge < -0.3 is 5.11 Å². The Kier molecular flexibility index (Phi) is 3.98. The molecule has 0 bridgehead atoms. The molecule has 0 aliphatic rings. The van der Waals surface area contributed by atoms with Crippen molar-refractivity contribution in [1.29, 1.82) is 0 Å². The van der Waals surface area contributed by atoms with Gasteiger partial charge >= 0.3 is 5.97 Å². The third-order valence-electron chi connectivity index (χ3n) is 1.40. The van der Waals surface area contributed by atoms with E-state index in [1.807, 2.05) is 0 Å². The van der Waals surface area contributed by atoms with Crippen molar-refractivity contribution in [2.45, 2.75) is 6.43 Å². The molecule has 0 radical (unpaired) electrons. The molecule has 0 fully saturated rings. The van der Waals surface area contributed by atoms with Crippen molar-refractivity contribution >= 4 is 51.2 Å². The number of halogens is 4. The first-order valence-corrected chi connectivity index (χ1v) is 5.46. The molecule has 0 amide bonds. The summed E-state index contributed by atoms with van der Waals surface area (Å²) in [5.74, 6) is -1.30. The lowest BCUT2D eigenvalue weighted by Crippen LogP contribution is -2.06. The largest absolute Gasteiger partial charge is 0.477 e. The first-order chi connectivity index (χ1) is 6.43. The molecule has 0 unspecified atom stereocenters. The Balaban J connectivity index is 3.35. The van der Waals surface area contributed by atoms with Gasteiger partial charge in [0, 0.05) is 5.56 Å². The Labute approximate surface area is 105 Å². The van der Waals surface area contributed by atoms with E-state index in [0.29, 0.717) is 3.57 Å². The zero-order valence-electron chi connectivity index (χ0n) is 6.47. The molecule has 0 saturated heterocycles. The third-order valence-corrected chi connectivity index (χ3v) is 4.35. The lowest BCUT2D eigenvalue weighted by Gasteiger charge is -2.05.